The lowest BCUT2D eigenvalue weighted by molar-refractivity contribution is -0.133. The molecule has 2 aliphatic heterocycles. The highest BCUT2D eigenvalue weighted by Gasteiger charge is 2.25. The molecule has 3 rings (SSSR count). The molecule has 2 heterocycles. The fourth-order valence-electron chi connectivity index (χ4n) is 3.17. The molecule has 7 heteroatoms. The van der Waals surface area contributed by atoms with Gasteiger partial charge in [0.05, 0.1) is 13.2 Å². The third kappa shape index (κ3) is 4.76. The van der Waals surface area contributed by atoms with Crippen LogP contribution in [0.5, 0.6) is 0 Å². The molecule has 0 N–H and O–H groups in total. The normalized spacial score (nSPS) is 19.1. The summed E-state index contributed by atoms with van der Waals surface area (Å²) in [6, 6.07) is 5.58. The summed E-state index contributed by atoms with van der Waals surface area (Å²) in [4.78, 5) is 30.5. The van der Waals surface area contributed by atoms with E-state index in [1.54, 1.807) is 4.90 Å². The number of nitrogens with zero attached hydrogens (tertiary/aromatic N) is 3. The van der Waals surface area contributed by atoms with E-state index in [9.17, 15) is 14.0 Å². The summed E-state index contributed by atoms with van der Waals surface area (Å²) in [6.45, 7) is 6.12. The Morgan fingerprint density at radius 2 is 1.52 bits per heavy atom. The second-order valence-electron chi connectivity index (χ2n) is 6.38. The van der Waals surface area contributed by atoms with Crippen molar-refractivity contribution in [1.82, 2.24) is 14.7 Å². The van der Waals surface area contributed by atoms with Gasteiger partial charge in [-0.15, -0.1) is 0 Å². The quantitative estimate of drug-likeness (QED) is 0.808. The maximum Gasteiger partial charge on any atom is 0.253 e. The number of piperazine rings is 1. The van der Waals surface area contributed by atoms with E-state index in [4.69, 9.17) is 4.74 Å². The average molecular weight is 349 g/mol. The number of hydrogen-bond acceptors (Lipinski definition) is 4. The molecule has 2 saturated heterocycles. The second-order valence-corrected chi connectivity index (χ2v) is 6.38. The molecule has 0 aliphatic carbocycles. The first kappa shape index (κ1) is 17.8. The van der Waals surface area contributed by atoms with E-state index in [-0.39, 0.29) is 17.6 Å². The Bertz CT molecular complexity index is 594. The van der Waals surface area contributed by atoms with Gasteiger partial charge in [-0.1, -0.05) is 0 Å². The van der Waals surface area contributed by atoms with Gasteiger partial charge in [-0.25, -0.2) is 4.39 Å². The summed E-state index contributed by atoms with van der Waals surface area (Å²) in [5.41, 5.74) is 0.480. The SMILES string of the molecule is O=C(CCN1CCOCC1)N1CCN(C(=O)c2ccc(F)cc2)CC1. The Kier molecular flexibility index (Phi) is 5.99. The van der Waals surface area contributed by atoms with Crippen molar-refractivity contribution >= 4 is 11.8 Å². The second kappa shape index (κ2) is 8.40. The molecule has 1 aromatic carbocycles. The molecule has 6 nitrogen and oxygen atoms in total. The third-order valence-corrected chi connectivity index (χ3v) is 4.76. The van der Waals surface area contributed by atoms with E-state index >= 15 is 0 Å². The number of carbonyl (C=O) groups is 2. The average Bonchev–Trinajstić information content (AvgIpc) is 2.67. The maximum atomic E-state index is 13.0. The van der Waals surface area contributed by atoms with Crippen LogP contribution < -0.4 is 0 Å². The Morgan fingerprint density at radius 3 is 2.16 bits per heavy atom. The first-order chi connectivity index (χ1) is 12.1. The predicted octanol–water partition coefficient (Wildman–Crippen LogP) is 0.832. The summed E-state index contributed by atoms with van der Waals surface area (Å²) in [5.74, 6) is -0.326. The summed E-state index contributed by atoms with van der Waals surface area (Å²) in [7, 11) is 0. The van der Waals surface area contributed by atoms with E-state index in [0.717, 1.165) is 32.8 Å². The molecule has 0 unspecified atom stereocenters. The van der Waals surface area contributed by atoms with Crippen LogP contribution in [0.15, 0.2) is 24.3 Å². The van der Waals surface area contributed by atoms with Crippen LogP contribution in [-0.4, -0.2) is 85.5 Å². The van der Waals surface area contributed by atoms with Crippen molar-refractivity contribution in [2.45, 2.75) is 6.42 Å². The van der Waals surface area contributed by atoms with Crippen molar-refractivity contribution in [2.75, 3.05) is 59.0 Å². The molecule has 2 aliphatic rings. The molecule has 0 atom stereocenters. The topological polar surface area (TPSA) is 53.1 Å². The molecule has 2 amide bonds. The highest BCUT2D eigenvalue weighted by atomic mass is 19.1. The lowest BCUT2D eigenvalue weighted by Gasteiger charge is -2.35. The van der Waals surface area contributed by atoms with Crippen LogP contribution in [0.4, 0.5) is 4.39 Å². The molecule has 25 heavy (non-hydrogen) atoms. The molecule has 0 bridgehead atoms. The minimum absolute atomic E-state index is 0.111. The van der Waals surface area contributed by atoms with Gasteiger partial charge in [0.15, 0.2) is 0 Å². The number of benzene rings is 1. The smallest absolute Gasteiger partial charge is 0.253 e. The van der Waals surface area contributed by atoms with E-state index in [1.807, 2.05) is 4.90 Å². The van der Waals surface area contributed by atoms with Crippen LogP contribution in [0, 0.1) is 5.82 Å². The Hall–Kier alpha value is -1.99. The van der Waals surface area contributed by atoms with Crippen LogP contribution >= 0.6 is 0 Å². The van der Waals surface area contributed by atoms with Gasteiger partial charge in [-0.2, -0.15) is 0 Å². The number of amides is 2. The first-order valence-electron chi connectivity index (χ1n) is 8.76. The number of hydrogen-bond donors (Lipinski definition) is 0. The monoisotopic (exact) mass is 349 g/mol. The standard InChI is InChI=1S/C18H24FN3O3/c19-16-3-1-15(2-4-16)18(24)22-9-7-21(8-10-22)17(23)5-6-20-11-13-25-14-12-20/h1-4H,5-14H2. The number of rotatable bonds is 4. The van der Waals surface area contributed by atoms with E-state index < -0.39 is 0 Å². The van der Waals surface area contributed by atoms with Crippen LogP contribution in [0.2, 0.25) is 0 Å². The van der Waals surface area contributed by atoms with Gasteiger partial charge < -0.3 is 14.5 Å². The van der Waals surface area contributed by atoms with Crippen molar-refractivity contribution in [3.05, 3.63) is 35.6 Å². The third-order valence-electron chi connectivity index (χ3n) is 4.76. The van der Waals surface area contributed by atoms with Gasteiger partial charge in [0.25, 0.3) is 5.91 Å². The largest absolute Gasteiger partial charge is 0.379 e. The van der Waals surface area contributed by atoms with Crippen LogP contribution in [0.3, 0.4) is 0 Å². The predicted molar refractivity (Wildman–Crippen MR) is 90.8 cm³/mol. The minimum Gasteiger partial charge on any atom is -0.379 e. The molecular formula is C18H24FN3O3. The van der Waals surface area contributed by atoms with E-state index in [1.165, 1.54) is 24.3 Å². The lowest BCUT2D eigenvalue weighted by Crippen LogP contribution is -2.51. The van der Waals surface area contributed by atoms with Crippen molar-refractivity contribution in [2.24, 2.45) is 0 Å². The Balaban J connectivity index is 1.43. The van der Waals surface area contributed by atoms with Crippen LogP contribution in [-0.2, 0) is 9.53 Å². The van der Waals surface area contributed by atoms with E-state index in [0.29, 0.717) is 38.2 Å². The number of carbonyl (C=O) groups excluding carboxylic acids is 2. The van der Waals surface area contributed by atoms with Gasteiger partial charge >= 0.3 is 0 Å². The number of ether oxygens (including phenoxy) is 1. The van der Waals surface area contributed by atoms with Gasteiger partial charge in [0.1, 0.15) is 5.82 Å². The summed E-state index contributed by atoms with van der Waals surface area (Å²) >= 11 is 0. The highest BCUT2D eigenvalue weighted by molar-refractivity contribution is 5.94. The van der Waals surface area contributed by atoms with Crippen molar-refractivity contribution in [3.8, 4) is 0 Å². The van der Waals surface area contributed by atoms with E-state index in [2.05, 4.69) is 4.90 Å². The van der Waals surface area contributed by atoms with Crippen molar-refractivity contribution in [3.63, 3.8) is 0 Å². The molecule has 0 radical (unpaired) electrons. The molecule has 1 aromatic rings. The zero-order chi connectivity index (χ0) is 17.6. The lowest BCUT2D eigenvalue weighted by atomic mass is 10.1. The van der Waals surface area contributed by atoms with Gasteiger partial charge in [0, 0.05) is 57.8 Å². The number of morpholine rings is 1. The fraction of sp³-hybridized carbons (Fsp3) is 0.556. The molecule has 0 aromatic heterocycles. The van der Waals surface area contributed by atoms with Crippen molar-refractivity contribution < 1.29 is 18.7 Å². The number of halogens is 1. The summed E-state index contributed by atoms with van der Waals surface area (Å²) < 4.78 is 18.3. The van der Waals surface area contributed by atoms with Crippen LogP contribution in [0.25, 0.3) is 0 Å². The molecule has 0 spiro atoms. The minimum atomic E-state index is -0.354. The molecule has 136 valence electrons. The summed E-state index contributed by atoms with van der Waals surface area (Å²) in [6.07, 6.45) is 0.506. The molecule has 0 saturated carbocycles. The van der Waals surface area contributed by atoms with Gasteiger partial charge in [-0.3, -0.25) is 14.5 Å². The van der Waals surface area contributed by atoms with Crippen molar-refractivity contribution in [1.29, 1.82) is 0 Å². The highest BCUT2D eigenvalue weighted by Crippen LogP contribution is 2.11. The fourth-order valence-corrected chi connectivity index (χ4v) is 3.17. The molecular weight excluding hydrogens is 325 g/mol. The first-order valence-corrected chi connectivity index (χ1v) is 8.76. The summed E-state index contributed by atoms with van der Waals surface area (Å²) in [5, 5.41) is 0. The maximum absolute atomic E-state index is 13.0. The van der Waals surface area contributed by atoms with Gasteiger partial charge in [0.2, 0.25) is 5.91 Å². The van der Waals surface area contributed by atoms with Crippen LogP contribution in [0.1, 0.15) is 16.8 Å². The molecule has 2 fully saturated rings. The van der Waals surface area contributed by atoms with Gasteiger partial charge in [-0.05, 0) is 24.3 Å². The Labute approximate surface area is 147 Å². The zero-order valence-corrected chi connectivity index (χ0v) is 14.3. The zero-order valence-electron chi connectivity index (χ0n) is 14.3. The Morgan fingerprint density at radius 1 is 0.920 bits per heavy atom.